The van der Waals surface area contributed by atoms with Gasteiger partial charge >= 0.3 is 0 Å². The quantitative estimate of drug-likeness (QED) is 0.925. The fourth-order valence-corrected chi connectivity index (χ4v) is 3.04. The summed E-state index contributed by atoms with van der Waals surface area (Å²) < 4.78 is 0. The summed E-state index contributed by atoms with van der Waals surface area (Å²) in [5, 5.41) is 1.19. The number of aromatic nitrogens is 2. The van der Waals surface area contributed by atoms with Crippen molar-refractivity contribution in [2.45, 2.75) is 26.3 Å². The average Bonchev–Trinajstić information content (AvgIpc) is 2.38. The Morgan fingerprint density at radius 2 is 2.35 bits per heavy atom. The molecule has 2 heterocycles. The first-order valence-corrected chi connectivity index (χ1v) is 7.40. The second kappa shape index (κ2) is 5.54. The van der Waals surface area contributed by atoms with Gasteiger partial charge in [0.1, 0.15) is 5.82 Å². The zero-order chi connectivity index (χ0) is 14.1. The van der Waals surface area contributed by atoms with E-state index in [9.17, 15) is 4.79 Å². The van der Waals surface area contributed by atoms with Gasteiger partial charge in [-0.2, -0.15) is 0 Å². The number of likely N-dealkylation sites (tertiary alicyclic amines) is 1. The molecule has 0 bridgehead atoms. The molecular formula is C15H18ClN3O. The third kappa shape index (κ3) is 2.86. The van der Waals surface area contributed by atoms with E-state index in [-0.39, 0.29) is 5.56 Å². The second-order valence-electron chi connectivity index (χ2n) is 5.66. The maximum Gasteiger partial charge on any atom is 0.258 e. The van der Waals surface area contributed by atoms with E-state index in [4.69, 9.17) is 11.6 Å². The van der Waals surface area contributed by atoms with E-state index in [1.54, 1.807) is 18.2 Å². The largest absolute Gasteiger partial charge is 0.309 e. The number of rotatable bonds is 2. The topological polar surface area (TPSA) is 49.0 Å². The van der Waals surface area contributed by atoms with Gasteiger partial charge in [0.05, 0.1) is 17.4 Å². The summed E-state index contributed by atoms with van der Waals surface area (Å²) in [5.74, 6) is 1.43. The molecule has 106 valence electrons. The molecule has 1 aromatic heterocycles. The predicted molar refractivity (Wildman–Crippen MR) is 81.0 cm³/mol. The van der Waals surface area contributed by atoms with Crippen molar-refractivity contribution in [2.75, 3.05) is 13.1 Å². The first-order valence-electron chi connectivity index (χ1n) is 7.02. The zero-order valence-corrected chi connectivity index (χ0v) is 12.3. The molecule has 0 amide bonds. The van der Waals surface area contributed by atoms with Crippen LogP contribution in [0.1, 0.15) is 25.6 Å². The van der Waals surface area contributed by atoms with Crippen molar-refractivity contribution < 1.29 is 0 Å². The molecule has 5 heteroatoms. The molecule has 2 aromatic rings. The molecule has 1 aliphatic heterocycles. The Kier molecular flexibility index (Phi) is 3.76. The molecule has 0 saturated carbocycles. The first-order chi connectivity index (χ1) is 9.61. The number of benzene rings is 1. The van der Waals surface area contributed by atoms with Crippen molar-refractivity contribution in [3.05, 3.63) is 39.4 Å². The van der Waals surface area contributed by atoms with Crippen LogP contribution < -0.4 is 5.56 Å². The number of nitrogens with one attached hydrogen (secondary N) is 1. The van der Waals surface area contributed by atoms with Crippen molar-refractivity contribution in [3.63, 3.8) is 0 Å². The number of piperidine rings is 1. The van der Waals surface area contributed by atoms with Crippen LogP contribution in [0.2, 0.25) is 5.02 Å². The van der Waals surface area contributed by atoms with Gasteiger partial charge in [0.25, 0.3) is 5.56 Å². The van der Waals surface area contributed by atoms with Crippen LogP contribution in [0.3, 0.4) is 0 Å². The maximum absolute atomic E-state index is 12.1. The lowest BCUT2D eigenvalue weighted by atomic mass is 10.0. The van der Waals surface area contributed by atoms with Gasteiger partial charge in [-0.05, 0) is 43.5 Å². The molecule has 1 fully saturated rings. The Balaban J connectivity index is 1.90. The van der Waals surface area contributed by atoms with Gasteiger partial charge in [-0.15, -0.1) is 0 Å². The van der Waals surface area contributed by atoms with Gasteiger partial charge in [-0.3, -0.25) is 9.69 Å². The summed E-state index contributed by atoms with van der Waals surface area (Å²) in [6.45, 7) is 5.10. The van der Waals surface area contributed by atoms with Crippen LogP contribution in [-0.2, 0) is 6.54 Å². The Morgan fingerprint density at radius 1 is 1.50 bits per heavy atom. The van der Waals surface area contributed by atoms with E-state index in [1.807, 2.05) is 0 Å². The Morgan fingerprint density at radius 3 is 3.15 bits per heavy atom. The Labute approximate surface area is 122 Å². The summed E-state index contributed by atoms with van der Waals surface area (Å²) >= 11 is 5.97. The molecule has 1 saturated heterocycles. The van der Waals surface area contributed by atoms with Gasteiger partial charge in [0.15, 0.2) is 0 Å². The lowest BCUT2D eigenvalue weighted by Gasteiger charge is -2.30. The van der Waals surface area contributed by atoms with E-state index in [1.165, 1.54) is 12.8 Å². The van der Waals surface area contributed by atoms with Crippen molar-refractivity contribution in [1.29, 1.82) is 0 Å². The maximum atomic E-state index is 12.1. The highest BCUT2D eigenvalue weighted by atomic mass is 35.5. The van der Waals surface area contributed by atoms with Gasteiger partial charge in [-0.1, -0.05) is 18.5 Å². The summed E-state index contributed by atoms with van der Waals surface area (Å²) in [4.78, 5) is 21.8. The fourth-order valence-electron chi connectivity index (χ4n) is 2.88. The molecule has 0 spiro atoms. The Hall–Kier alpha value is -1.39. The number of aromatic amines is 1. The lowest BCUT2D eigenvalue weighted by molar-refractivity contribution is 0.173. The number of nitrogens with zero attached hydrogens (tertiary/aromatic N) is 2. The van der Waals surface area contributed by atoms with Gasteiger partial charge in [0, 0.05) is 11.6 Å². The third-order valence-corrected chi connectivity index (χ3v) is 4.07. The summed E-state index contributed by atoms with van der Waals surface area (Å²) in [5.41, 5.74) is 0.577. The van der Waals surface area contributed by atoms with Crippen molar-refractivity contribution in [2.24, 2.45) is 5.92 Å². The van der Waals surface area contributed by atoms with Crippen LogP contribution in [0.25, 0.3) is 10.9 Å². The number of hydrogen-bond donors (Lipinski definition) is 1. The van der Waals surface area contributed by atoms with E-state index in [2.05, 4.69) is 21.8 Å². The molecule has 1 aromatic carbocycles. The van der Waals surface area contributed by atoms with Gasteiger partial charge in [0.2, 0.25) is 0 Å². The van der Waals surface area contributed by atoms with Crippen LogP contribution in [0.15, 0.2) is 23.0 Å². The SMILES string of the molecule is CC1CCCN(Cc2nc3cc(Cl)ccc3c(=O)[nH]2)C1. The molecule has 1 aliphatic rings. The molecule has 1 atom stereocenters. The van der Waals surface area contributed by atoms with E-state index in [0.717, 1.165) is 18.9 Å². The first kappa shape index (κ1) is 13.6. The molecule has 0 radical (unpaired) electrons. The van der Waals surface area contributed by atoms with Crippen molar-refractivity contribution in [3.8, 4) is 0 Å². The molecule has 1 unspecified atom stereocenters. The zero-order valence-electron chi connectivity index (χ0n) is 11.5. The summed E-state index contributed by atoms with van der Waals surface area (Å²) in [7, 11) is 0. The van der Waals surface area contributed by atoms with E-state index in [0.29, 0.717) is 28.4 Å². The minimum absolute atomic E-state index is 0.0910. The highest BCUT2D eigenvalue weighted by Gasteiger charge is 2.17. The molecule has 20 heavy (non-hydrogen) atoms. The number of H-pyrrole nitrogens is 1. The smallest absolute Gasteiger partial charge is 0.258 e. The molecule has 4 nitrogen and oxygen atoms in total. The second-order valence-corrected chi connectivity index (χ2v) is 6.09. The fraction of sp³-hybridized carbons (Fsp3) is 0.467. The van der Waals surface area contributed by atoms with Crippen LogP contribution in [0.5, 0.6) is 0 Å². The number of halogens is 1. The van der Waals surface area contributed by atoms with E-state index >= 15 is 0 Å². The molecule has 0 aliphatic carbocycles. The summed E-state index contributed by atoms with van der Waals surface area (Å²) in [6, 6.07) is 5.18. The number of hydrogen-bond acceptors (Lipinski definition) is 3. The molecular weight excluding hydrogens is 274 g/mol. The van der Waals surface area contributed by atoms with Gasteiger partial charge < -0.3 is 4.98 Å². The highest BCUT2D eigenvalue weighted by Crippen LogP contribution is 2.18. The Bertz CT molecular complexity index is 682. The van der Waals surface area contributed by atoms with Crippen LogP contribution >= 0.6 is 11.6 Å². The van der Waals surface area contributed by atoms with Gasteiger partial charge in [-0.25, -0.2) is 4.98 Å². The standard InChI is InChI=1S/C15H18ClN3O/c1-10-3-2-6-19(8-10)9-14-17-13-7-11(16)4-5-12(13)15(20)18-14/h4-5,7,10H,2-3,6,8-9H2,1H3,(H,17,18,20). The van der Waals surface area contributed by atoms with Crippen molar-refractivity contribution >= 4 is 22.5 Å². The van der Waals surface area contributed by atoms with Crippen LogP contribution in [0, 0.1) is 5.92 Å². The van der Waals surface area contributed by atoms with E-state index < -0.39 is 0 Å². The number of fused-ring (bicyclic) bond motifs is 1. The van der Waals surface area contributed by atoms with Crippen molar-refractivity contribution in [1.82, 2.24) is 14.9 Å². The minimum Gasteiger partial charge on any atom is -0.309 e. The van der Waals surface area contributed by atoms with Crippen LogP contribution in [0.4, 0.5) is 0 Å². The van der Waals surface area contributed by atoms with Crippen LogP contribution in [-0.4, -0.2) is 28.0 Å². The lowest BCUT2D eigenvalue weighted by Crippen LogP contribution is -2.34. The molecule has 3 rings (SSSR count). The molecule has 1 N–H and O–H groups in total. The predicted octanol–water partition coefficient (Wildman–Crippen LogP) is 2.81. The monoisotopic (exact) mass is 291 g/mol. The highest BCUT2D eigenvalue weighted by molar-refractivity contribution is 6.31. The minimum atomic E-state index is -0.0910. The normalized spacial score (nSPS) is 20.4. The third-order valence-electron chi connectivity index (χ3n) is 3.83. The summed E-state index contributed by atoms with van der Waals surface area (Å²) in [6.07, 6.45) is 2.50. The average molecular weight is 292 g/mol.